The van der Waals surface area contributed by atoms with Crippen LogP contribution < -0.4 is 15.8 Å². The molecule has 5 nitrogen and oxygen atoms in total. The number of carbonyl (C=O) groups is 1. The fraction of sp³-hybridized carbons (Fsp3) is 0.200. The van der Waals surface area contributed by atoms with Crippen molar-refractivity contribution in [3.8, 4) is 5.75 Å². The zero-order valence-corrected chi connectivity index (χ0v) is 11.3. The molecular weight excluding hydrogens is 254 g/mol. The molecule has 1 heterocycles. The fourth-order valence-corrected chi connectivity index (χ4v) is 1.81. The van der Waals surface area contributed by atoms with Gasteiger partial charge in [-0.15, -0.1) is 0 Å². The summed E-state index contributed by atoms with van der Waals surface area (Å²) >= 11 is 0. The van der Waals surface area contributed by atoms with E-state index < -0.39 is 0 Å². The first-order chi connectivity index (χ1) is 9.74. The number of nitrogens with two attached hydrogens (primary N) is 1. The van der Waals surface area contributed by atoms with E-state index in [1.165, 1.54) is 0 Å². The molecule has 0 saturated heterocycles. The van der Waals surface area contributed by atoms with Gasteiger partial charge in [-0.05, 0) is 37.3 Å². The lowest BCUT2D eigenvalue weighted by Gasteiger charge is -2.11. The number of ether oxygens (including phenoxy) is 1. The van der Waals surface area contributed by atoms with Crippen LogP contribution in [0.15, 0.2) is 42.6 Å². The fourth-order valence-electron chi connectivity index (χ4n) is 1.81. The van der Waals surface area contributed by atoms with Crippen LogP contribution in [-0.2, 0) is 6.54 Å². The summed E-state index contributed by atoms with van der Waals surface area (Å²) in [7, 11) is 0. The number of hydrogen-bond acceptors (Lipinski definition) is 4. The lowest BCUT2D eigenvalue weighted by molar-refractivity contribution is 0.102. The highest BCUT2D eigenvalue weighted by molar-refractivity contribution is 6.02. The van der Waals surface area contributed by atoms with Gasteiger partial charge in [0.05, 0.1) is 6.61 Å². The first-order valence-electron chi connectivity index (χ1n) is 6.42. The average Bonchev–Trinajstić information content (AvgIpc) is 2.50. The maximum atomic E-state index is 12.0. The monoisotopic (exact) mass is 271 g/mol. The molecule has 0 fully saturated rings. The van der Waals surface area contributed by atoms with Crippen LogP contribution in [0.3, 0.4) is 0 Å². The van der Waals surface area contributed by atoms with Crippen molar-refractivity contribution in [2.24, 2.45) is 5.73 Å². The van der Waals surface area contributed by atoms with E-state index in [0.29, 0.717) is 24.5 Å². The van der Waals surface area contributed by atoms with E-state index in [0.717, 1.165) is 11.3 Å². The largest absolute Gasteiger partial charge is 0.494 e. The van der Waals surface area contributed by atoms with E-state index in [1.54, 1.807) is 36.5 Å². The van der Waals surface area contributed by atoms with Gasteiger partial charge in [0.15, 0.2) is 0 Å². The van der Waals surface area contributed by atoms with E-state index in [9.17, 15) is 4.79 Å². The molecule has 5 heteroatoms. The lowest BCUT2D eigenvalue weighted by atomic mass is 10.1. The van der Waals surface area contributed by atoms with Crippen LogP contribution in [0.4, 0.5) is 5.69 Å². The molecule has 0 bridgehead atoms. The zero-order chi connectivity index (χ0) is 14.4. The summed E-state index contributed by atoms with van der Waals surface area (Å²) in [5.74, 6) is 0.489. The summed E-state index contributed by atoms with van der Waals surface area (Å²) in [6.45, 7) is 2.84. The minimum Gasteiger partial charge on any atom is -0.494 e. The van der Waals surface area contributed by atoms with Crippen LogP contribution in [-0.4, -0.2) is 17.5 Å². The van der Waals surface area contributed by atoms with Gasteiger partial charge < -0.3 is 15.8 Å². The minimum atomic E-state index is -0.252. The standard InChI is InChI=1S/C15H17N3O2/c1-2-20-14-7-6-12(9-11(14)10-16)18-15(19)13-5-3-4-8-17-13/h3-9H,2,10,16H2,1H3,(H,18,19). The molecule has 0 spiro atoms. The Morgan fingerprint density at radius 3 is 2.85 bits per heavy atom. The quantitative estimate of drug-likeness (QED) is 0.874. The summed E-state index contributed by atoms with van der Waals surface area (Å²) < 4.78 is 5.47. The number of nitrogens with one attached hydrogen (secondary N) is 1. The van der Waals surface area contributed by atoms with Gasteiger partial charge in [-0.3, -0.25) is 9.78 Å². The minimum absolute atomic E-state index is 0.252. The van der Waals surface area contributed by atoms with Crippen LogP contribution in [0.5, 0.6) is 5.75 Å². The summed E-state index contributed by atoms with van der Waals surface area (Å²) in [6.07, 6.45) is 1.58. The topological polar surface area (TPSA) is 77.2 Å². The van der Waals surface area contributed by atoms with Crippen molar-refractivity contribution in [1.29, 1.82) is 0 Å². The Kier molecular flexibility index (Phi) is 4.68. The Balaban J connectivity index is 2.16. The molecule has 2 rings (SSSR count). The van der Waals surface area contributed by atoms with Crippen molar-refractivity contribution < 1.29 is 9.53 Å². The Morgan fingerprint density at radius 1 is 1.35 bits per heavy atom. The Hall–Kier alpha value is -2.40. The van der Waals surface area contributed by atoms with Gasteiger partial charge in [0.2, 0.25) is 0 Å². The van der Waals surface area contributed by atoms with Crippen molar-refractivity contribution in [2.45, 2.75) is 13.5 Å². The molecule has 1 amide bonds. The van der Waals surface area contributed by atoms with Gasteiger partial charge in [-0.1, -0.05) is 6.07 Å². The van der Waals surface area contributed by atoms with E-state index >= 15 is 0 Å². The van der Waals surface area contributed by atoms with Crippen LogP contribution in [0, 0.1) is 0 Å². The molecule has 0 radical (unpaired) electrons. The van der Waals surface area contributed by atoms with Crippen LogP contribution in [0.25, 0.3) is 0 Å². The zero-order valence-electron chi connectivity index (χ0n) is 11.3. The normalized spacial score (nSPS) is 10.1. The molecule has 20 heavy (non-hydrogen) atoms. The number of pyridine rings is 1. The Labute approximate surface area is 117 Å². The third-order valence-corrected chi connectivity index (χ3v) is 2.74. The number of anilines is 1. The SMILES string of the molecule is CCOc1ccc(NC(=O)c2ccccn2)cc1CN. The Morgan fingerprint density at radius 2 is 2.20 bits per heavy atom. The van der Waals surface area contributed by atoms with Crippen molar-refractivity contribution >= 4 is 11.6 Å². The number of nitrogens with zero attached hydrogens (tertiary/aromatic N) is 1. The van der Waals surface area contributed by atoms with Gasteiger partial charge in [-0.2, -0.15) is 0 Å². The molecule has 0 aliphatic rings. The van der Waals surface area contributed by atoms with Crippen LogP contribution in [0.2, 0.25) is 0 Å². The number of amides is 1. The van der Waals surface area contributed by atoms with E-state index in [-0.39, 0.29) is 5.91 Å². The highest BCUT2D eigenvalue weighted by Gasteiger charge is 2.09. The average molecular weight is 271 g/mol. The van der Waals surface area contributed by atoms with Crippen molar-refractivity contribution in [3.63, 3.8) is 0 Å². The number of rotatable bonds is 5. The summed E-state index contributed by atoms with van der Waals surface area (Å²) in [5, 5.41) is 2.79. The molecular formula is C15H17N3O2. The maximum absolute atomic E-state index is 12.0. The van der Waals surface area contributed by atoms with Gasteiger partial charge in [0.1, 0.15) is 11.4 Å². The molecule has 3 N–H and O–H groups in total. The number of carbonyl (C=O) groups excluding carboxylic acids is 1. The maximum Gasteiger partial charge on any atom is 0.274 e. The molecule has 0 saturated carbocycles. The van der Waals surface area contributed by atoms with E-state index in [1.807, 2.05) is 13.0 Å². The smallest absolute Gasteiger partial charge is 0.274 e. The highest BCUT2D eigenvalue weighted by atomic mass is 16.5. The van der Waals surface area contributed by atoms with Gasteiger partial charge in [0, 0.05) is 24.0 Å². The number of benzene rings is 1. The second kappa shape index (κ2) is 6.68. The van der Waals surface area contributed by atoms with Crippen molar-refractivity contribution in [2.75, 3.05) is 11.9 Å². The molecule has 0 unspecified atom stereocenters. The summed E-state index contributed by atoms with van der Waals surface area (Å²) in [4.78, 5) is 16.0. The molecule has 1 aromatic carbocycles. The van der Waals surface area contributed by atoms with Gasteiger partial charge >= 0.3 is 0 Å². The second-order valence-electron chi connectivity index (χ2n) is 4.13. The van der Waals surface area contributed by atoms with E-state index in [2.05, 4.69) is 10.3 Å². The lowest BCUT2D eigenvalue weighted by Crippen LogP contribution is -2.14. The molecule has 2 aromatic rings. The molecule has 104 valence electrons. The molecule has 0 aliphatic carbocycles. The van der Waals surface area contributed by atoms with Crippen molar-refractivity contribution in [1.82, 2.24) is 4.98 Å². The van der Waals surface area contributed by atoms with Crippen LogP contribution in [0.1, 0.15) is 23.0 Å². The summed E-state index contributed by atoms with van der Waals surface area (Å²) in [6, 6.07) is 10.6. The highest BCUT2D eigenvalue weighted by Crippen LogP contribution is 2.22. The summed E-state index contributed by atoms with van der Waals surface area (Å²) in [5.41, 5.74) is 7.58. The third-order valence-electron chi connectivity index (χ3n) is 2.74. The third kappa shape index (κ3) is 3.33. The second-order valence-corrected chi connectivity index (χ2v) is 4.13. The van der Waals surface area contributed by atoms with Gasteiger partial charge in [-0.25, -0.2) is 0 Å². The number of aromatic nitrogens is 1. The molecule has 0 aliphatic heterocycles. The molecule has 0 atom stereocenters. The van der Waals surface area contributed by atoms with Crippen molar-refractivity contribution in [3.05, 3.63) is 53.9 Å². The van der Waals surface area contributed by atoms with E-state index in [4.69, 9.17) is 10.5 Å². The van der Waals surface area contributed by atoms with Gasteiger partial charge in [0.25, 0.3) is 5.91 Å². The Bertz CT molecular complexity index is 585. The first kappa shape index (κ1) is 14.0. The number of hydrogen-bond donors (Lipinski definition) is 2. The predicted octanol–water partition coefficient (Wildman–Crippen LogP) is 2.19. The van der Waals surface area contributed by atoms with Crippen LogP contribution >= 0.6 is 0 Å². The first-order valence-corrected chi connectivity index (χ1v) is 6.42. The predicted molar refractivity (Wildman–Crippen MR) is 77.7 cm³/mol. The molecule has 1 aromatic heterocycles.